The van der Waals surface area contributed by atoms with Crippen molar-refractivity contribution in [1.29, 1.82) is 0 Å². The summed E-state index contributed by atoms with van der Waals surface area (Å²) in [6, 6.07) is 0. The van der Waals surface area contributed by atoms with E-state index >= 15 is 0 Å². The molecule has 0 aromatic carbocycles. The number of hydrogen-bond acceptors (Lipinski definition) is 3. The molecule has 0 fully saturated rings. The predicted molar refractivity (Wildman–Crippen MR) is 54.6 cm³/mol. The molecule has 0 saturated carbocycles. The standard InChI is InChI=1S/C8H16N2S/c1-4-8(5-2)10-9-7-11-6-3/h7H,4-6H2,1-3H3. The number of hydrogen-bond donors (Lipinski definition) is 0. The minimum atomic E-state index is 1.00. The van der Waals surface area contributed by atoms with Crippen LogP contribution in [-0.2, 0) is 0 Å². The Morgan fingerprint density at radius 1 is 1.27 bits per heavy atom. The van der Waals surface area contributed by atoms with Gasteiger partial charge in [-0.2, -0.15) is 10.2 Å². The Kier molecular flexibility index (Phi) is 7.57. The van der Waals surface area contributed by atoms with Gasteiger partial charge in [0.1, 0.15) is 0 Å². The van der Waals surface area contributed by atoms with Crippen LogP contribution >= 0.6 is 11.8 Å². The van der Waals surface area contributed by atoms with E-state index in [9.17, 15) is 0 Å². The minimum Gasteiger partial charge on any atom is -0.160 e. The molecule has 0 unspecified atom stereocenters. The Morgan fingerprint density at radius 3 is 2.36 bits per heavy atom. The molecule has 0 amide bonds. The summed E-state index contributed by atoms with van der Waals surface area (Å²) < 4.78 is 0. The maximum Gasteiger partial charge on any atom is 0.0824 e. The first kappa shape index (κ1) is 10.7. The Morgan fingerprint density at radius 2 is 1.91 bits per heavy atom. The van der Waals surface area contributed by atoms with Crippen molar-refractivity contribution in [2.45, 2.75) is 33.6 Å². The lowest BCUT2D eigenvalue weighted by molar-refractivity contribution is 1.10. The van der Waals surface area contributed by atoms with E-state index in [-0.39, 0.29) is 0 Å². The van der Waals surface area contributed by atoms with Gasteiger partial charge in [0.25, 0.3) is 0 Å². The second-order valence-electron chi connectivity index (χ2n) is 2.05. The Labute approximate surface area is 73.2 Å². The van der Waals surface area contributed by atoms with Crippen LogP contribution in [0.3, 0.4) is 0 Å². The van der Waals surface area contributed by atoms with Crippen LogP contribution in [0.2, 0.25) is 0 Å². The van der Waals surface area contributed by atoms with E-state index in [4.69, 9.17) is 0 Å². The zero-order chi connectivity index (χ0) is 8.53. The zero-order valence-electron chi connectivity index (χ0n) is 7.50. The van der Waals surface area contributed by atoms with Crippen LogP contribution in [0, 0.1) is 0 Å². The molecule has 64 valence electrons. The average Bonchev–Trinajstić information content (AvgIpc) is 2.05. The number of thioether (sulfide) groups is 1. The molecule has 0 radical (unpaired) electrons. The molecule has 0 N–H and O–H groups in total. The van der Waals surface area contributed by atoms with Crippen molar-refractivity contribution in [3.05, 3.63) is 0 Å². The van der Waals surface area contributed by atoms with Gasteiger partial charge >= 0.3 is 0 Å². The first-order valence-electron chi connectivity index (χ1n) is 4.03. The lowest BCUT2D eigenvalue weighted by atomic mass is 10.2. The lowest BCUT2D eigenvalue weighted by Crippen LogP contribution is -1.90. The molecule has 0 aromatic rings. The fourth-order valence-electron chi connectivity index (χ4n) is 0.605. The summed E-state index contributed by atoms with van der Waals surface area (Å²) in [5.41, 5.74) is 2.96. The molecule has 11 heavy (non-hydrogen) atoms. The highest BCUT2D eigenvalue weighted by atomic mass is 32.2. The largest absolute Gasteiger partial charge is 0.160 e. The molecule has 0 bridgehead atoms. The first-order chi connectivity index (χ1) is 5.35. The van der Waals surface area contributed by atoms with Crippen LogP contribution in [0.1, 0.15) is 33.6 Å². The maximum atomic E-state index is 4.06. The minimum absolute atomic E-state index is 1.00. The van der Waals surface area contributed by atoms with Gasteiger partial charge in [-0.25, -0.2) is 0 Å². The van der Waals surface area contributed by atoms with E-state index in [1.54, 1.807) is 17.3 Å². The maximum absolute atomic E-state index is 4.06. The molecule has 0 aliphatic heterocycles. The van der Waals surface area contributed by atoms with Crippen LogP contribution < -0.4 is 0 Å². The fourth-order valence-corrected chi connectivity index (χ4v) is 0.867. The Hall–Kier alpha value is -0.310. The monoisotopic (exact) mass is 172 g/mol. The quantitative estimate of drug-likeness (QED) is 0.355. The zero-order valence-corrected chi connectivity index (χ0v) is 8.32. The van der Waals surface area contributed by atoms with E-state index in [0.29, 0.717) is 0 Å². The van der Waals surface area contributed by atoms with E-state index < -0.39 is 0 Å². The van der Waals surface area contributed by atoms with Crippen molar-refractivity contribution in [3.63, 3.8) is 0 Å². The Balaban J connectivity index is 3.68. The summed E-state index contributed by atoms with van der Waals surface area (Å²) >= 11 is 1.67. The lowest BCUT2D eigenvalue weighted by Gasteiger charge is -1.92. The van der Waals surface area contributed by atoms with Gasteiger partial charge < -0.3 is 0 Å². The summed E-state index contributed by atoms with van der Waals surface area (Å²) in [7, 11) is 0. The second-order valence-corrected chi connectivity index (χ2v) is 3.17. The van der Waals surface area contributed by atoms with Gasteiger partial charge in [-0.15, -0.1) is 11.8 Å². The van der Waals surface area contributed by atoms with Gasteiger partial charge in [-0.1, -0.05) is 20.8 Å². The van der Waals surface area contributed by atoms with Gasteiger partial charge in [0.2, 0.25) is 0 Å². The molecule has 0 aromatic heterocycles. The molecular formula is C8H16N2S. The van der Waals surface area contributed by atoms with E-state index in [1.807, 2.05) is 0 Å². The van der Waals surface area contributed by atoms with E-state index in [2.05, 4.69) is 31.0 Å². The first-order valence-corrected chi connectivity index (χ1v) is 5.08. The van der Waals surface area contributed by atoms with Crippen LogP contribution in [0.4, 0.5) is 0 Å². The molecule has 0 aliphatic carbocycles. The molecule has 0 spiro atoms. The van der Waals surface area contributed by atoms with Gasteiger partial charge in [-0.3, -0.25) is 0 Å². The molecular weight excluding hydrogens is 156 g/mol. The summed E-state index contributed by atoms with van der Waals surface area (Å²) in [5.74, 6) is 1.06. The molecule has 0 aliphatic rings. The van der Waals surface area contributed by atoms with Crippen molar-refractivity contribution < 1.29 is 0 Å². The van der Waals surface area contributed by atoms with Crippen molar-refractivity contribution >= 4 is 23.0 Å². The van der Waals surface area contributed by atoms with Crippen LogP contribution in [0.15, 0.2) is 10.2 Å². The van der Waals surface area contributed by atoms with E-state index in [1.165, 1.54) is 0 Å². The van der Waals surface area contributed by atoms with Crippen LogP contribution in [0.5, 0.6) is 0 Å². The van der Waals surface area contributed by atoms with Gasteiger partial charge in [0, 0.05) is 5.71 Å². The third-order valence-electron chi connectivity index (χ3n) is 1.30. The van der Waals surface area contributed by atoms with Crippen molar-refractivity contribution in [1.82, 2.24) is 0 Å². The molecule has 0 saturated heterocycles. The molecule has 0 rings (SSSR count). The van der Waals surface area contributed by atoms with Gasteiger partial charge in [-0.05, 0) is 18.6 Å². The van der Waals surface area contributed by atoms with Crippen LogP contribution in [-0.4, -0.2) is 17.0 Å². The van der Waals surface area contributed by atoms with Gasteiger partial charge in [0.15, 0.2) is 0 Å². The highest BCUT2D eigenvalue weighted by Gasteiger charge is 1.87. The molecule has 0 atom stereocenters. The molecule has 0 heterocycles. The molecule has 3 heteroatoms. The fraction of sp³-hybridized carbons (Fsp3) is 0.750. The number of nitrogens with zero attached hydrogens (tertiary/aromatic N) is 2. The predicted octanol–water partition coefficient (Wildman–Crippen LogP) is 2.94. The summed E-state index contributed by atoms with van der Waals surface area (Å²) in [6.07, 6.45) is 2.01. The van der Waals surface area contributed by atoms with Crippen LogP contribution in [0.25, 0.3) is 0 Å². The third-order valence-corrected chi connectivity index (χ3v) is 1.88. The smallest absolute Gasteiger partial charge is 0.0824 e. The van der Waals surface area contributed by atoms with Crippen molar-refractivity contribution in [2.75, 3.05) is 5.75 Å². The average molecular weight is 172 g/mol. The second kappa shape index (κ2) is 7.79. The Bertz CT molecular complexity index is 135. The molecule has 2 nitrogen and oxygen atoms in total. The topological polar surface area (TPSA) is 24.7 Å². The number of rotatable bonds is 5. The third kappa shape index (κ3) is 6.10. The highest BCUT2D eigenvalue weighted by molar-refractivity contribution is 8.12. The SMILES string of the molecule is CCSC=NN=C(CC)CC. The highest BCUT2D eigenvalue weighted by Crippen LogP contribution is 1.95. The van der Waals surface area contributed by atoms with E-state index in [0.717, 1.165) is 24.3 Å². The normalized spacial score (nSPS) is 10.5. The van der Waals surface area contributed by atoms with Crippen molar-refractivity contribution in [2.24, 2.45) is 10.2 Å². The van der Waals surface area contributed by atoms with Crippen molar-refractivity contribution in [3.8, 4) is 0 Å². The van der Waals surface area contributed by atoms with Gasteiger partial charge in [0.05, 0.1) is 5.55 Å². The summed E-state index contributed by atoms with van der Waals surface area (Å²) in [6.45, 7) is 6.30. The summed E-state index contributed by atoms with van der Waals surface area (Å²) in [5, 5.41) is 7.99. The summed E-state index contributed by atoms with van der Waals surface area (Å²) in [4.78, 5) is 0.